The Kier molecular flexibility index (Phi) is 8.79. The van der Waals surface area contributed by atoms with E-state index in [1.807, 2.05) is 41.7 Å². The summed E-state index contributed by atoms with van der Waals surface area (Å²) in [6, 6.07) is 13.0. The second-order valence-electron chi connectivity index (χ2n) is 11.9. The van der Waals surface area contributed by atoms with Gasteiger partial charge in [0, 0.05) is 61.6 Å². The molecule has 2 aliphatic rings. The predicted octanol–water partition coefficient (Wildman–Crippen LogP) is 5.22. The molecule has 0 aliphatic carbocycles. The summed E-state index contributed by atoms with van der Waals surface area (Å²) in [7, 11) is 0. The van der Waals surface area contributed by atoms with Gasteiger partial charge in [0.15, 0.2) is 0 Å². The van der Waals surface area contributed by atoms with E-state index < -0.39 is 12.0 Å². The summed E-state index contributed by atoms with van der Waals surface area (Å²) in [4.78, 5) is 19.0. The Balaban J connectivity index is 1.33. The standard InChI is InChI=1S/C31H42F2N6O2/c1-22(2)35-30(40)38-17-15-37(16-18-38)27-9-12-34-39-20-25(19-28(27)39)24-5-7-26(8-6-24)31(21-41-29(32)33)10-13-36(14-11-31)23(3)4/h5-9,12,19-20,22-23,29H,10-11,13-18,21H2,1-4H3,(H,35,40). The highest BCUT2D eigenvalue weighted by molar-refractivity contribution is 5.80. The second kappa shape index (κ2) is 12.3. The number of urea groups is 1. The molecule has 5 rings (SSSR count). The minimum Gasteiger partial charge on any atom is -0.366 e. The minimum absolute atomic E-state index is 0.0130. The van der Waals surface area contributed by atoms with E-state index in [0.29, 0.717) is 19.1 Å². The number of hydrogen-bond acceptors (Lipinski definition) is 5. The van der Waals surface area contributed by atoms with Crippen molar-refractivity contribution in [2.45, 2.75) is 64.6 Å². The van der Waals surface area contributed by atoms with E-state index in [2.05, 4.69) is 64.4 Å². The van der Waals surface area contributed by atoms with Crippen molar-refractivity contribution in [2.75, 3.05) is 50.8 Å². The van der Waals surface area contributed by atoms with Crippen molar-refractivity contribution in [3.8, 4) is 11.1 Å². The van der Waals surface area contributed by atoms with Crippen LogP contribution in [0.5, 0.6) is 0 Å². The van der Waals surface area contributed by atoms with E-state index >= 15 is 0 Å². The number of anilines is 1. The van der Waals surface area contributed by atoms with Gasteiger partial charge >= 0.3 is 12.6 Å². The summed E-state index contributed by atoms with van der Waals surface area (Å²) in [5.41, 5.74) is 4.81. The molecule has 0 spiro atoms. The van der Waals surface area contributed by atoms with Gasteiger partial charge in [-0.05, 0) is 76.9 Å². The van der Waals surface area contributed by atoms with Crippen molar-refractivity contribution in [2.24, 2.45) is 0 Å². The van der Waals surface area contributed by atoms with Gasteiger partial charge in [0.25, 0.3) is 0 Å². The number of ether oxygens (including phenoxy) is 1. The molecule has 41 heavy (non-hydrogen) atoms. The number of fused-ring (bicyclic) bond motifs is 1. The monoisotopic (exact) mass is 568 g/mol. The van der Waals surface area contributed by atoms with E-state index in [4.69, 9.17) is 4.74 Å². The lowest BCUT2D eigenvalue weighted by molar-refractivity contribution is -0.146. The normalized spacial score (nSPS) is 18.2. The first-order valence-electron chi connectivity index (χ1n) is 14.7. The summed E-state index contributed by atoms with van der Waals surface area (Å²) in [6.45, 7) is 10.1. The summed E-state index contributed by atoms with van der Waals surface area (Å²) < 4.78 is 32.9. The van der Waals surface area contributed by atoms with Crippen molar-refractivity contribution in [1.82, 2.24) is 24.7 Å². The zero-order valence-electron chi connectivity index (χ0n) is 24.5. The lowest BCUT2D eigenvalue weighted by Crippen LogP contribution is -2.53. The highest BCUT2D eigenvalue weighted by atomic mass is 19.3. The molecular weight excluding hydrogens is 526 g/mol. The Bertz CT molecular complexity index is 1310. The SMILES string of the molecule is CC(C)NC(=O)N1CCN(c2ccnn3cc(-c4ccc(C5(COC(F)F)CCN(C(C)C)CC5)cc4)cc23)CC1. The van der Waals surface area contributed by atoms with E-state index in [0.717, 1.165) is 66.9 Å². The van der Waals surface area contributed by atoms with E-state index in [9.17, 15) is 13.6 Å². The van der Waals surface area contributed by atoms with Gasteiger partial charge in [0.2, 0.25) is 0 Å². The number of hydrogen-bond donors (Lipinski definition) is 1. The minimum atomic E-state index is -2.77. The first kappa shape index (κ1) is 29.3. The summed E-state index contributed by atoms with van der Waals surface area (Å²) >= 11 is 0. The maximum atomic E-state index is 13.1. The fraction of sp³-hybridized carbons (Fsp3) is 0.548. The number of halogens is 2. The van der Waals surface area contributed by atoms with Crippen LogP contribution in [0.1, 0.15) is 46.1 Å². The van der Waals surface area contributed by atoms with E-state index in [1.54, 1.807) is 0 Å². The van der Waals surface area contributed by atoms with Gasteiger partial charge in [0.05, 0.1) is 17.8 Å². The van der Waals surface area contributed by atoms with Crippen LogP contribution < -0.4 is 10.2 Å². The molecule has 0 bridgehead atoms. The third-order valence-electron chi connectivity index (χ3n) is 8.61. The lowest BCUT2D eigenvalue weighted by Gasteiger charge is -2.43. The molecule has 0 atom stereocenters. The molecule has 1 aromatic carbocycles. The Labute approximate surface area is 241 Å². The number of aromatic nitrogens is 2. The molecule has 8 nitrogen and oxygen atoms in total. The van der Waals surface area contributed by atoms with Crippen LogP contribution >= 0.6 is 0 Å². The number of piperazine rings is 1. The molecule has 0 saturated carbocycles. The number of nitrogens with one attached hydrogen (secondary N) is 1. The third-order valence-corrected chi connectivity index (χ3v) is 8.61. The molecular formula is C31H42F2N6O2. The van der Waals surface area contributed by atoms with Crippen LogP contribution in [0.4, 0.5) is 19.3 Å². The maximum absolute atomic E-state index is 13.1. The Morgan fingerprint density at radius 2 is 1.66 bits per heavy atom. The van der Waals surface area contributed by atoms with Crippen molar-refractivity contribution in [3.05, 3.63) is 54.4 Å². The third kappa shape index (κ3) is 6.48. The number of alkyl halides is 2. The molecule has 1 N–H and O–H groups in total. The van der Waals surface area contributed by atoms with Crippen LogP contribution in [0.2, 0.25) is 0 Å². The number of amides is 2. The van der Waals surface area contributed by atoms with Crippen molar-refractivity contribution in [1.29, 1.82) is 0 Å². The van der Waals surface area contributed by atoms with Crippen molar-refractivity contribution in [3.63, 3.8) is 0 Å². The number of nitrogens with zero attached hydrogens (tertiary/aromatic N) is 5. The molecule has 2 amide bonds. The average molecular weight is 569 g/mol. The highest BCUT2D eigenvalue weighted by Crippen LogP contribution is 2.38. The fourth-order valence-corrected chi connectivity index (χ4v) is 6.14. The second-order valence-corrected chi connectivity index (χ2v) is 11.9. The van der Waals surface area contributed by atoms with Crippen molar-refractivity contribution >= 4 is 17.2 Å². The molecule has 4 heterocycles. The van der Waals surface area contributed by atoms with Gasteiger partial charge in [-0.25, -0.2) is 9.31 Å². The molecule has 2 aromatic heterocycles. The zero-order chi connectivity index (χ0) is 29.1. The number of benzene rings is 1. The molecule has 10 heteroatoms. The largest absolute Gasteiger partial charge is 0.366 e. The highest BCUT2D eigenvalue weighted by Gasteiger charge is 2.38. The molecule has 0 radical (unpaired) electrons. The predicted molar refractivity (Wildman–Crippen MR) is 158 cm³/mol. The van der Waals surface area contributed by atoms with Crippen LogP contribution in [-0.2, 0) is 10.2 Å². The summed E-state index contributed by atoms with van der Waals surface area (Å²) in [5, 5.41) is 7.52. The molecule has 2 aliphatic heterocycles. The van der Waals surface area contributed by atoms with Crippen LogP contribution in [-0.4, -0.2) is 90.0 Å². The summed E-state index contributed by atoms with van der Waals surface area (Å²) in [6.07, 6.45) is 5.40. The number of carbonyl (C=O) groups is 1. The quantitative estimate of drug-likeness (QED) is 0.404. The van der Waals surface area contributed by atoms with Gasteiger partial charge in [-0.15, -0.1) is 0 Å². The van der Waals surface area contributed by atoms with E-state index in [1.165, 1.54) is 0 Å². The molecule has 0 unspecified atom stereocenters. The topological polar surface area (TPSA) is 65.4 Å². The fourth-order valence-electron chi connectivity index (χ4n) is 6.14. The van der Waals surface area contributed by atoms with Crippen LogP contribution in [0, 0.1) is 0 Å². The lowest BCUT2D eigenvalue weighted by atomic mass is 9.73. The molecule has 222 valence electrons. The average Bonchev–Trinajstić information content (AvgIpc) is 3.41. The number of likely N-dealkylation sites (tertiary alicyclic amines) is 1. The van der Waals surface area contributed by atoms with Crippen LogP contribution in [0.25, 0.3) is 16.6 Å². The number of rotatable bonds is 8. The first-order valence-corrected chi connectivity index (χ1v) is 14.7. The van der Waals surface area contributed by atoms with Gasteiger partial charge in [0.1, 0.15) is 0 Å². The maximum Gasteiger partial charge on any atom is 0.345 e. The zero-order valence-corrected chi connectivity index (χ0v) is 24.5. The Morgan fingerprint density at radius 3 is 2.27 bits per heavy atom. The van der Waals surface area contributed by atoms with Crippen LogP contribution in [0.3, 0.4) is 0 Å². The Morgan fingerprint density at radius 1 is 0.976 bits per heavy atom. The number of carbonyl (C=O) groups excluding carboxylic acids is 1. The number of piperidine rings is 1. The molecule has 2 saturated heterocycles. The van der Waals surface area contributed by atoms with Gasteiger partial charge < -0.3 is 24.8 Å². The molecule has 3 aromatic rings. The van der Waals surface area contributed by atoms with E-state index in [-0.39, 0.29) is 18.7 Å². The summed E-state index contributed by atoms with van der Waals surface area (Å²) in [5.74, 6) is 0. The Hall–Kier alpha value is -3.24. The molecule has 2 fully saturated rings. The smallest absolute Gasteiger partial charge is 0.345 e. The van der Waals surface area contributed by atoms with Gasteiger partial charge in [-0.1, -0.05) is 24.3 Å². The first-order chi connectivity index (χ1) is 19.6. The van der Waals surface area contributed by atoms with Crippen LogP contribution in [0.15, 0.2) is 48.8 Å². The van der Waals surface area contributed by atoms with Gasteiger partial charge in [-0.3, -0.25) is 0 Å². The van der Waals surface area contributed by atoms with Gasteiger partial charge in [-0.2, -0.15) is 13.9 Å². The van der Waals surface area contributed by atoms with Crippen molar-refractivity contribution < 1.29 is 18.3 Å².